The molecule has 1 saturated carbocycles. The molecule has 0 radical (unpaired) electrons. The number of carbonyl (C=O) groups excluding carboxylic acids is 1. The summed E-state index contributed by atoms with van der Waals surface area (Å²) in [5.74, 6) is -0.0690. The van der Waals surface area contributed by atoms with Crippen LogP contribution < -0.4 is 5.32 Å². The summed E-state index contributed by atoms with van der Waals surface area (Å²) >= 11 is 11.9. The normalized spacial score (nSPS) is 38.1. The van der Waals surface area contributed by atoms with Gasteiger partial charge in [-0.05, 0) is 33.1 Å². The highest BCUT2D eigenvalue weighted by Crippen LogP contribution is 2.63. The van der Waals surface area contributed by atoms with Gasteiger partial charge in [-0.3, -0.25) is 4.79 Å². The maximum atomic E-state index is 12.0. The first-order chi connectivity index (χ1) is 7.37. The van der Waals surface area contributed by atoms with Gasteiger partial charge in [0.25, 0.3) is 0 Å². The molecule has 16 heavy (non-hydrogen) atoms. The van der Waals surface area contributed by atoms with Crippen LogP contribution in [0.25, 0.3) is 0 Å². The molecular weight excluding hydrogens is 249 g/mol. The van der Waals surface area contributed by atoms with E-state index in [1.165, 1.54) is 0 Å². The molecule has 0 spiro atoms. The molecule has 1 saturated heterocycles. The number of amides is 1. The van der Waals surface area contributed by atoms with Crippen molar-refractivity contribution < 1.29 is 9.53 Å². The van der Waals surface area contributed by atoms with Gasteiger partial charge in [0.2, 0.25) is 5.91 Å². The minimum absolute atomic E-state index is 0.0246. The van der Waals surface area contributed by atoms with Crippen LogP contribution in [-0.4, -0.2) is 29.0 Å². The van der Waals surface area contributed by atoms with E-state index in [2.05, 4.69) is 5.32 Å². The molecule has 5 heteroatoms. The largest absolute Gasteiger partial charge is 0.376 e. The van der Waals surface area contributed by atoms with Crippen LogP contribution >= 0.6 is 23.2 Å². The van der Waals surface area contributed by atoms with Crippen LogP contribution in [0.5, 0.6) is 0 Å². The lowest BCUT2D eigenvalue weighted by Gasteiger charge is -2.22. The molecule has 92 valence electrons. The predicted octanol–water partition coefficient (Wildman–Crippen LogP) is 2.25. The maximum Gasteiger partial charge on any atom is 0.229 e. The van der Waals surface area contributed by atoms with E-state index in [0.29, 0.717) is 6.42 Å². The van der Waals surface area contributed by atoms with Crippen LogP contribution in [0, 0.1) is 5.41 Å². The van der Waals surface area contributed by atoms with Gasteiger partial charge in [-0.1, -0.05) is 0 Å². The molecule has 3 nitrogen and oxygen atoms in total. The van der Waals surface area contributed by atoms with Crippen molar-refractivity contribution in [2.24, 2.45) is 5.41 Å². The molecule has 1 amide bonds. The third-order valence-electron chi connectivity index (χ3n) is 3.64. The van der Waals surface area contributed by atoms with Crippen LogP contribution in [0.3, 0.4) is 0 Å². The molecule has 3 atom stereocenters. The van der Waals surface area contributed by atoms with Crippen LogP contribution in [0.1, 0.15) is 33.1 Å². The SMILES string of the molecule is C[C@H](NC(=O)[C@@]1(C)CC1(Cl)Cl)[C@@H]1CCCO1. The van der Waals surface area contributed by atoms with Gasteiger partial charge in [0, 0.05) is 6.61 Å². The Bertz CT molecular complexity index is 302. The van der Waals surface area contributed by atoms with Crippen LogP contribution in [0.15, 0.2) is 0 Å². The van der Waals surface area contributed by atoms with E-state index in [9.17, 15) is 4.79 Å². The van der Waals surface area contributed by atoms with E-state index in [4.69, 9.17) is 27.9 Å². The fourth-order valence-corrected chi connectivity index (χ4v) is 2.81. The van der Waals surface area contributed by atoms with E-state index < -0.39 is 9.75 Å². The molecule has 0 aromatic rings. The van der Waals surface area contributed by atoms with Gasteiger partial charge < -0.3 is 10.1 Å². The third kappa shape index (κ3) is 2.05. The van der Waals surface area contributed by atoms with Gasteiger partial charge in [0.15, 0.2) is 0 Å². The standard InChI is InChI=1S/C11H17Cl2NO2/c1-7(8-4-3-5-16-8)14-9(15)10(2)6-11(10,12)13/h7-8H,3-6H2,1-2H3,(H,14,15)/t7-,8-,10+/m0/s1. The van der Waals surface area contributed by atoms with Gasteiger partial charge in [-0.15, -0.1) is 23.2 Å². The third-order valence-corrected chi connectivity index (χ3v) is 4.74. The second kappa shape index (κ2) is 4.04. The maximum absolute atomic E-state index is 12.0. The van der Waals surface area contributed by atoms with Gasteiger partial charge >= 0.3 is 0 Å². The Kier molecular flexibility index (Phi) is 3.15. The highest BCUT2D eigenvalue weighted by atomic mass is 35.5. The topological polar surface area (TPSA) is 38.3 Å². The molecule has 2 fully saturated rings. The first-order valence-electron chi connectivity index (χ1n) is 5.67. The number of alkyl halides is 2. The molecular formula is C11H17Cl2NO2. The number of carbonyl (C=O) groups is 1. The Morgan fingerprint density at radius 2 is 2.19 bits per heavy atom. The number of hydrogen-bond acceptors (Lipinski definition) is 2. The van der Waals surface area contributed by atoms with Crippen LogP contribution in [-0.2, 0) is 9.53 Å². The lowest BCUT2D eigenvalue weighted by atomic mass is 10.1. The summed E-state index contributed by atoms with van der Waals surface area (Å²) < 4.78 is 4.62. The average Bonchev–Trinajstić information content (AvgIpc) is 2.63. The summed E-state index contributed by atoms with van der Waals surface area (Å²) in [6.45, 7) is 4.55. The Labute approximate surface area is 106 Å². The van der Waals surface area contributed by atoms with E-state index in [1.807, 2.05) is 6.92 Å². The molecule has 0 aromatic carbocycles. The molecule has 1 aliphatic carbocycles. The van der Waals surface area contributed by atoms with Gasteiger partial charge in [0.05, 0.1) is 17.6 Å². The Morgan fingerprint density at radius 3 is 2.62 bits per heavy atom. The number of halogens is 2. The van der Waals surface area contributed by atoms with Gasteiger partial charge in [-0.25, -0.2) is 0 Å². The highest BCUT2D eigenvalue weighted by molar-refractivity contribution is 6.53. The molecule has 0 unspecified atom stereocenters. The van der Waals surface area contributed by atoms with Crippen molar-refractivity contribution in [3.8, 4) is 0 Å². The van der Waals surface area contributed by atoms with Crippen LogP contribution in [0.2, 0.25) is 0 Å². The fourth-order valence-electron chi connectivity index (χ4n) is 2.10. The van der Waals surface area contributed by atoms with E-state index in [0.717, 1.165) is 19.4 Å². The zero-order valence-electron chi connectivity index (χ0n) is 9.56. The lowest BCUT2D eigenvalue weighted by Crippen LogP contribution is -2.44. The zero-order chi connectivity index (χ0) is 12.0. The summed E-state index contributed by atoms with van der Waals surface area (Å²) in [7, 11) is 0. The first-order valence-corrected chi connectivity index (χ1v) is 6.43. The quantitative estimate of drug-likeness (QED) is 0.796. The predicted molar refractivity (Wildman–Crippen MR) is 63.7 cm³/mol. The van der Waals surface area contributed by atoms with Gasteiger partial charge in [0.1, 0.15) is 4.33 Å². The monoisotopic (exact) mass is 265 g/mol. The summed E-state index contributed by atoms with van der Waals surface area (Å²) in [5, 5.41) is 2.95. The fraction of sp³-hybridized carbons (Fsp3) is 0.909. The van der Waals surface area contributed by atoms with Crippen molar-refractivity contribution in [3.63, 3.8) is 0 Å². The number of rotatable bonds is 3. The van der Waals surface area contributed by atoms with E-state index >= 15 is 0 Å². The van der Waals surface area contributed by atoms with Crippen LogP contribution in [0.4, 0.5) is 0 Å². The number of hydrogen-bond donors (Lipinski definition) is 1. The molecule has 1 N–H and O–H groups in total. The van der Waals surface area contributed by atoms with Crippen molar-refractivity contribution in [1.82, 2.24) is 5.32 Å². The zero-order valence-corrected chi connectivity index (χ0v) is 11.1. The lowest BCUT2D eigenvalue weighted by molar-refractivity contribution is -0.127. The highest BCUT2D eigenvalue weighted by Gasteiger charge is 2.68. The van der Waals surface area contributed by atoms with Crippen molar-refractivity contribution in [2.45, 2.75) is 49.6 Å². The molecule has 0 aromatic heterocycles. The van der Waals surface area contributed by atoms with E-state index in [1.54, 1.807) is 6.92 Å². The smallest absolute Gasteiger partial charge is 0.229 e. The summed E-state index contributed by atoms with van der Waals surface area (Å²) in [6, 6.07) is 0.0246. The van der Waals surface area contributed by atoms with Crippen molar-refractivity contribution in [3.05, 3.63) is 0 Å². The minimum atomic E-state index is -0.895. The second-order valence-electron chi connectivity index (χ2n) is 5.03. The molecule has 1 heterocycles. The summed E-state index contributed by atoms with van der Waals surface area (Å²) in [6.07, 6.45) is 2.72. The summed E-state index contributed by atoms with van der Waals surface area (Å²) in [5.41, 5.74) is -0.636. The molecule has 0 bridgehead atoms. The Hall–Kier alpha value is 0.01000. The molecule has 2 rings (SSSR count). The Morgan fingerprint density at radius 1 is 1.56 bits per heavy atom. The molecule has 1 aliphatic heterocycles. The minimum Gasteiger partial charge on any atom is -0.376 e. The van der Waals surface area contributed by atoms with E-state index in [-0.39, 0.29) is 18.1 Å². The average molecular weight is 266 g/mol. The van der Waals surface area contributed by atoms with Crippen molar-refractivity contribution >= 4 is 29.1 Å². The summed E-state index contributed by atoms with van der Waals surface area (Å²) in [4.78, 5) is 12.0. The number of ether oxygens (including phenoxy) is 1. The molecule has 2 aliphatic rings. The number of nitrogens with one attached hydrogen (secondary N) is 1. The second-order valence-corrected chi connectivity index (χ2v) is 6.51. The Balaban J connectivity index is 1.88. The first kappa shape index (κ1) is 12.5. The van der Waals surface area contributed by atoms with Gasteiger partial charge in [-0.2, -0.15) is 0 Å². The van der Waals surface area contributed by atoms with Crippen molar-refractivity contribution in [2.75, 3.05) is 6.61 Å². The van der Waals surface area contributed by atoms with Crippen molar-refractivity contribution in [1.29, 1.82) is 0 Å².